The summed E-state index contributed by atoms with van der Waals surface area (Å²) in [7, 11) is 0. The smallest absolute Gasteiger partial charge is 0.310 e. The molecule has 2 bridgehead atoms. The summed E-state index contributed by atoms with van der Waals surface area (Å²) in [4.78, 5) is 22.1. The number of allylic oxidation sites excluding steroid dienone is 2. The summed E-state index contributed by atoms with van der Waals surface area (Å²) in [5.41, 5.74) is -1.12. The average Bonchev–Trinajstić information content (AvgIpc) is 2.61. The van der Waals surface area contributed by atoms with Crippen molar-refractivity contribution in [1.29, 1.82) is 0 Å². The van der Waals surface area contributed by atoms with Crippen LogP contribution in [-0.2, 0) is 9.59 Å². The Morgan fingerprint density at radius 3 is 2.43 bits per heavy atom. The molecule has 0 aromatic carbocycles. The van der Waals surface area contributed by atoms with Crippen molar-refractivity contribution in [3.63, 3.8) is 0 Å². The predicted molar refractivity (Wildman–Crippen MR) is 47.6 cm³/mol. The molecule has 1 fully saturated rings. The molecule has 0 aromatic heterocycles. The van der Waals surface area contributed by atoms with Crippen molar-refractivity contribution in [1.82, 2.24) is 0 Å². The third-order valence-electron chi connectivity index (χ3n) is 3.69. The predicted octanol–water partition coefficient (Wildman–Crippen LogP) is 0.984. The van der Waals surface area contributed by atoms with Gasteiger partial charge in [0.05, 0.1) is 11.3 Å². The molecule has 0 saturated heterocycles. The molecule has 0 heterocycles. The largest absolute Gasteiger partial charge is 0.481 e. The molecule has 0 amide bonds. The molecule has 4 atom stereocenters. The van der Waals surface area contributed by atoms with Crippen LogP contribution in [0.5, 0.6) is 0 Å². The molecule has 2 N–H and O–H groups in total. The molecular formula is C10H12O4. The second-order valence-corrected chi connectivity index (χ2v) is 4.29. The fourth-order valence-corrected chi connectivity index (χ4v) is 2.83. The molecule has 0 unspecified atom stereocenters. The first-order valence-electron chi connectivity index (χ1n) is 4.62. The minimum Gasteiger partial charge on any atom is -0.481 e. The fraction of sp³-hybridized carbons (Fsp3) is 0.600. The Balaban J connectivity index is 2.45. The van der Waals surface area contributed by atoms with Gasteiger partial charge in [0.1, 0.15) is 0 Å². The zero-order valence-corrected chi connectivity index (χ0v) is 7.80. The van der Waals surface area contributed by atoms with E-state index in [9.17, 15) is 9.59 Å². The van der Waals surface area contributed by atoms with Crippen molar-refractivity contribution in [2.75, 3.05) is 0 Å². The van der Waals surface area contributed by atoms with Crippen molar-refractivity contribution in [2.45, 2.75) is 13.3 Å². The zero-order valence-electron chi connectivity index (χ0n) is 7.80. The van der Waals surface area contributed by atoms with Gasteiger partial charge in [-0.2, -0.15) is 0 Å². The molecule has 4 nitrogen and oxygen atoms in total. The van der Waals surface area contributed by atoms with E-state index in [0.717, 1.165) is 0 Å². The molecule has 1 saturated carbocycles. The Kier molecular flexibility index (Phi) is 1.71. The van der Waals surface area contributed by atoms with E-state index in [1.54, 1.807) is 6.92 Å². The van der Waals surface area contributed by atoms with Gasteiger partial charge in [0.2, 0.25) is 0 Å². The van der Waals surface area contributed by atoms with Gasteiger partial charge in [-0.3, -0.25) is 9.59 Å². The Bertz CT molecular complexity index is 333. The molecule has 2 aliphatic rings. The lowest BCUT2D eigenvalue weighted by Gasteiger charge is -2.31. The van der Waals surface area contributed by atoms with Crippen molar-refractivity contribution in [3.8, 4) is 0 Å². The monoisotopic (exact) mass is 196 g/mol. The summed E-state index contributed by atoms with van der Waals surface area (Å²) in [6.45, 7) is 1.54. The van der Waals surface area contributed by atoms with Crippen LogP contribution in [0.25, 0.3) is 0 Å². The van der Waals surface area contributed by atoms with Gasteiger partial charge in [-0.15, -0.1) is 0 Å². The molecule has 0 radical (unpaired) electrons. The van der Waals surface area contributed by atoms with Gasteiger partial charge < -0.3 is 10.2 Å². The van der Waals surface area contributed by atoms with Crippen LogP contribution in [0.3, 0.4) is 0 Å². The number of hydrogen-bond acceptors (Lipinski definition) is 2. The van der Waals surface area contributed by atoms with Crippen LogP contribution in [0.15, 0.2) is 12.2 Å². The van der Waals surface area contributed by atoms with E-state index in [1.807, 2.05) is 12.2 Å². The molecular weight excluding hydrogens is 184 g/mol. The highest BCUT2D eigenvalue weighted by Gasteiger charge is 2.60. The van der Waals surface area contributed by atoms with Crippen LogP contribution in [0.1, 0.15) is 13.3 Å². The second kappa shape index (κ2) is 2.59. The topological polar surface area (TPSA) is 74.6 Å². The van der Waals surface area contributed by atoms with Crippen LogP contribution in [0, 0.1) is 23.2 Å². The molecule has 0 aliphatic heterocycles. The number of carboxylic acid groups (broad SMARTS) is 2. The number of aliphatic carboxylic acids is 2. The van der Waals surface area contributed by atoms with Gasteiger partial charge in [0.25, 0.3) is 0 Å². The SMILES string of the molecule is C[C@@]1(C(=O)O)[C@H](C(=O)O)[C@H]2C=C[C@H]1C2. The summed E-state index contributed by atoms with van der Waals surface area (Å²) in [5, 5.41) is 18.1. The van der Waals surface area contributed by atoms with Crippen molar-refractivity contribution >= 4 is 11.9 Å². The highest BCUT2D eigenvalue weighted by Crippen LogP contribution is 2.56. The Morgan fingerprint density at radius 2 is 2.00 bits per heavy atom. The average molecular weight is 196 g/mol. The van der Waals surface area contributed by atoms with E-state index < -0.39 is 23.3 Å². The molecule has 0 aromatic rings. The van der Waals surface area contributed by atoms with Gasteiger partial charge in [0.15, 0.2) is 0 Å². The van der Waals surface area contributed by atoms with Gasteiger partial charge in [-0.1, -0.05) is 12.2 Å². The second-order valence-electron chi connectivity index (χ2n) is 4.29. The lowest BCUT2D eigenvalue weighted by Crippen LogP contribution is -2.43. The summed E-state index contributed by atoms with van der Waals surface area (Å²) in [6.07, 6.45) is 4.35. The lowest BCUT2D eigenvalue weighted by molar-refractivity contribution is -0.162. The first-order chi connectivity index (χ1) is 6.48. The van der Waals surface area contributed by atoms with Crippen LogP contribution in [-0.4, -0.2) is 22.2 Å². The number of hydrogen-bond donors (Lipinski definition) is 2. The summed E-state index contributed by atoms with van der Waals surface area (Å²) < 4.78 is 0. The van der Waals surface area contributed by atoms with Gasteiger partial charge in [-0.05, 0) is 25.2 Å². The van der Waals surface area contributed by atoms with Crippen LogP contribution >= 0.6 is 0 Å². The summed E-state index contributed by atoms with van der Waals surface area (Å²) in [6, 6.07) is 0. The molecule has 76 valence electrons. The summed E-state index contributed by atoms with van der Waals surface area (Å²) in [5.74, 6) is -2.98. The van der Waals surface area contributed by atoms with Crippen molar-refractivity contribution in [3.05, 3.63) is 12.2 Å². The first kappa shape index (κ1) is 9.24. The normalized spacial score (nSPS) is 44.2. The number of fused-ring (bicyclic) bond motifs is 2. The maximum atomic E-state index is 11.1. The van der Waals surface area contributed by atoms with Gasteiger partial charge in [0, 0.05) is 0 Å². The Morgan fingerprint density at radius 1 is 1.36 bits per heavy atom. The van der Waals surface area contributed by atoms with E-state index in [4.69, 9.17) is 10.2 Å². The maximum absolute atomic E-state index is 11.1. The minimum absolute atomic E-state index is 0.0985. The van der Waals surface area contributed by atoms with Crippen LogP contribution < -0.4 is 0 Å². The minimum atomic E-state index is -1.12. The molecule has 4 heteroatoms. The van der Waals surface area contributed by atoms with Crippen LogP contribution in [0.4, 0.5) is 0 Å². The molecule has 0 spiro atoms. The number of rotatable bonds is 2. The van der Waals surface area contributed by atoms with E-state index in [1.165, 1.54) is 0 Å². The number of carboxylic acids is 2. The Labute approximate surface area is 81.2 Å². The van der Waals surface area contributed by atoms with Gasteiger partial charge >= 0.3 is 11.9 Å². The highest BCUT2D eigenvalue weighted by atomic mass is 16.4. The lowest BCUT2D eigenvalue weighted by atomic mass is 9.70. The van der Waals surface area contributed by atoms with Crippen molar-refractivity contribution < 1.29 is 19.8 Å². The maximum Gasteiger partial charge on any atom is 0.310 e. The molecule has 2 aliphatic carbocycles. The first-order valence-corrected chi connectivity index (χ1v) is 4.62. The number of carbonyl (C=O) groups is 2. The van der Waals surface area contributed by atoms with E-state index in [-0.39, 0.29) is 11.8 Å². The zero-order chi connectivity index (χ0) is 10.5. The third-order valence-corrected chi connectivity index (χ3v) is 3.69. The summed E-state index contributed by atoms with van der Waals surface area (Å²) >= 11 is 0. The van der Waals surface area contributed by atoms with Crippen molar-refractivity contribution in [2.24, 2.45) is 23.2 Å². The van der Waals surface area contributed by atoms with E-state index in [0.29, 0.717) is 6.42 Å². The Hall–Kier alpha value is -1.32. The third kappa shape index (κ3) is 0.882. The van der Waals surface area contributed by atoms with Gasteiger partial charge in [-0.25, -0.2) is 0 Å². The standard InChI is InChI=1S/C10H12O4/c1-10(9(13)14)6-3-2-5(4-6)7(10)8(11)12/h2-3,5-7H,4H2,1H3,(H,11,12)(H,13,14)/t5-,6-,7-,10-/m0/s1. The highest BCUT2D eigenvalue weighted by molar-refractivity contribution is 5.85. The molecule has 2 rings (SSSR count). The van der Waals surface area contributed by atoms with Crippen LogP contribution in [0.2, 0.25) is 0 Å². The molecule has 14 heavy (non-hydrogen) atoms. The quantitative estimate of drug-likeness (QED) is 0.646. The van der Waals surface area contributed by atoms with E-state index in [2.05, 4.69) is 0 Å². The fourth-order valence-electron chi connectivity index (χ4n) is 2.83. The van der Waals surface area contributed by atoms with E-state index >= 15 is 0 Å².